The first kappa shape index (κ1) is 53.6. The molecule has 15 bridgehead atoms. The second-order valence-corrected chi connectivity index (χ2v) is 29.1. The molecule has 84 heavy (non-hydrogen) atoms. The van der Waals surface area contributed by atoms with Crippen molar-refractivity contribution >= 4 is 11.7 Å². The number of rotatable bonds is 4. The molecule has 10 nitrogen and oxygen atoms in total. The third-order valence-electron chi connectivity index (χ3n) is 24.8. The zero-order valence-electron chi connectivity index (χ0n) is 49.1. The zero-order valence-corrected chi connectivity index (χ0v) is 49.1. The van der Waals surface area contributed by atoms with Gasteiger partial charge < -0.3 is 41.0 Å². The number of ether oxygens (including phenoxy) is 2. The van der Waals surface area contributed by atoms with E-state index in [0.717, 1.165) is 135 Å². The third-order valence-corrected chi connectivity index (χ3v) is 24.8. The lowest BCUT2D eigenvalue weighted by atomic mass is 9.35. The molecule has 1 saturated heterocycles. The van der Waals surface area contributed by atoms with Gasteiger partial charge in [0.05, 0.1) is 36.5 Å². The Bertz CT molecular complexity index is 3490. The Kier molecular flexibility index (Phi) is 12.7. The van der Waals surface area contributed by atoms with Crippen LogP contribution >= 0.6 is 0 Å². The summed E-state index contributed by atoms with van der Waals surface area (Å²) in [5.74, 6) is 8.02. The number of hydrogen-bond donors (Lipinski definition) is 6. The Balaban J connectivity index is 1.03. The van der Waals surface area contributed by atoms with Crippen LogP contribution in [0.15, 0.2) is 113 Å². The maximum absolute atomic E-state index is 16.0. The third kappa shape index (κ3) is 7.91. The number of fused-ring (bicyclic) bond motifs is 9. The molecule has 3 aromatic rings. The standard InChI is InChI=1S/C74H85N3O7/c1-43-37-71-25-20-46-32-47-39-70(42-79)22-8-5-18-59(70)58(41-78)64(47)61(81)34-55(46)56-35-62(84-52-15-3-4-16-52)68(82)65-54(56)17-10-19-60(53-21-26-74-49(14-11-27-83-74)40-72(38-43)63(71)36-57(53)66(74)67(65)72)76-69(75)77-73(23-6-2-7-24-73)48-13-9-12-44(29-48)28-45-30-50(71)33-51(80)31-45/h8-9,12-13,20-22,25-26,29-31,33,35-36,43,46-47,49,52-53,55,57,59-60,66-67,78-80,82H,2-7,11,14-16,18-19,23-24,27-28,32,34,37-42H2,1H3,(H3,75,76,77)/b25-20+/t43-,46+,47+,49-,53-,55-,57-,59-,60-,66-,67+,70+,71+,72+,74-/m0/s1. The van der Waals surface area contributed by atoms with Crippen molar-refractivity contribution in [3.63, 3.8) is 0 Å². The number of nitrogens with two attached hydrogens (primary N) is 1. The lowest BCUT2D eigenvalue weighted by Crippen LogP contribution is -2.67. The predicted octanol–water partition coefficient (Wildman–Crippen LogP) is 12.5. The highest BCUT2D eigenvalue weighted by atomic mass is 16.5. The van der Waals surface area contributed by atoms with Gasteiger partial charge in [0.1, 0.15) is 5.75 Å². The van der Waals surface area contributed by atoms with Crippen LogP contribution in [-0.2, 0) is 26.9 Å². The molecule has 16 rings (SSSR count). The number of nitrogens with one attached hydrogen (secondary N) is 1. The van der Waals surface area contributed by atoms with Crippen LogP contribution in [0.2, 0.25) is 0 Å². The number of carbonyl (C=O) groups is 1. The summed E-state index contributed by atoms with van der Waals surface area (Å²) in [6, 6.07) is 17.3. The largest absolute Gasteiger partial charge is 0.508 e. The summed E-state index contributed by atoms with van der Waals surface area (Å²) in [6.07, 6.45) is 34.9. The molecule has 6 fully saturated rings. The van der Waals surface area contributed by atoms with E-state index in [0.29, 0.717) is 44.0 Å². The molecule has 7 N–H and O–H groups in total. The van der Waals surface area contributed by atoms with Gasteiger partial charge in [0.25, 0.3) is 0 Å². The predicted molar refractivity (Wildman–Crippen MR) is 325 cm³/mol. The van der Waals surface area contributed by atoms with Crippen molar-refractivity contribution in [2.45, 2.75) is 182 Å². The molecule has 0 unspecified atom stereocenters. The van der Waals surface area contributed by atoms with Crippen molar-refractivity contribution in [1.82, 2.24) is 5.32 Å². The molecule has 15 atom stereocenters. The van der Waals surface area contributed by atoms with E-state index in [1.807, 2.05) is 6.07 Å². The van der Waals surface area contributed by atoms with Gasteiger partial charge >= 0.3 is 0 Å². The Morgan fingerprint density at radius 1 is 0.881 bits per heavy atom. The van der Waals surface area contributed by atoms with E-state index >= 15 is 4.79 Å². The number of carbonyl (C=O) groups excluding carboxylic acids is 1. The fraction of sp³-hybridized carbons (Fsp3) is 0.568. The van der Waals surface area contributed by atoms with Crippen molar-refractivity contribution in [2.75, 3.05) is 19.8 Å². The minimum absolute atomic E-state index is 0.0523. The van der Waals surface area contributed by atoms with Gasteiger partial charge in [0, 0.05) is 70.1 Å². The molecular formula is C74H85N3O7. The van der Waals surface area contributed by atoms with Crippen molar-refractivity contribution < 1.29 is 34.7 Å². The fourth-order valence-electron chi connectivity index (χ4n) is 21.8. The summed E-state index contributed by atoms with van der Waals surface area (Å²) >= 11 is 0. The average Bonchev–Trinajstić information content (AvgIpc) is 0.793. The van der Waals surface area contributed by atoms with Crippen LogP contribution in [0.25, 0.3) is 0 Å². The number of allylic oxidation sites excluding steroid dienone is 6. The number of Topliss-reactive ketones (excluding diaryl/α,β-unsaturated/α-hetero) is 1. The van der Waals surface area contributed by atoms with Crippen molar-refractivity contribution in [3.05, 3.63) is 147 Å². The highest BCUT2D eigenvalue weighted by Crippen LogP contribution is 2.77. The molecule has 2 heterocycles. The monoisotopic (exact) mass is 1130 g/mol. The highest BCUT2D eigenvalue weighted by molar-refractivity contribution is 5.98. The molecule has 2 aliphatic heterocycles. The summed E-state index contributed by atoms with van der Waals surface area (Å²) in [7, 11) is 0. The Labute approximate surface area is 496 Å². The Morgan fingerprint density at radius 2 is 1.74 bits per heavy atom. The molecule has 3 aromatic carbocycles. The van der Waals surface area contributed by atoms with E-state index in [9.17, 15) is 20.4 Å². The zero-order chi connectivity index (χ0) is 56.9. The number of aliphatic hydroxyl groups excluding tert-OH is 2. The fourth-order valence-corrected chi connectivity index (χ4v) is 21.8. The summed E-state index contributed by atoms with van der Waals surface area (Å²) in [5, 5.41) is 53.5. The van der Waals surface area contributed by atoms with Gasteiger partial charge in [-0.2, -0.15) is 0 Å². The molecule has 0 aromatic heterocycles. The van der Waals surface area contributed by atoms with E-state index in [2.05, 4.69) is 109 Å². The molecule has 10 heteroatoms. The molecule has 0 amide bonds. The summed E-state index contributed by atoms with van der Waals surface area (Å²) < 4.78 is 14.8. The van der Waals surface area contributed by atoms with Crippen LogP contribution in [0.1, 0.15) is 186 Å². The van der Waals surface area contributed by atoms with E-state index < -0.39 is 27.4 Å². The number of ketones is 1. The average molecular weight is 1130 g/mol. The maximum Gasteiger partial charge on any atom is 0.189 e. The number of guanidine groups is 1. The number of phenols is 2. The summed E-state index contributed by atoms with van der Waals surface area (Å²) in [6.45, 7) is 2.83. The van der Waals surface area contributed by atoms with Crippen LogP contribution in [0.5, 0.6) is 17.2 Å². The van der Waals surface area contributed by atoms with Gasteiger partial charge in [-0.05, 0) is 196 Å². The molecule has 5 saturated carbocycles. The number of phenolic OH excluding ortho intramolecular Hbond substituents is 2. The molecule has 11 aliphatic carbocycles. The Morgan fingerprint density at radius 3 is 2.58 bits per heavy atom. The van der Waals surface area contributed by atoms with Crippen molar-refractivity contribution in [3.8, 4) is 29.1 Å². The lowest BCUT2D eigenvalue weighted by Gasteiger charge is -2.70. The van der Waals surface area contributed by atoms with E-state index in [-0.39, 0.29) is 108 Å². The van der Waals surface area contributed by atoms with Crippen molar-refractivity contribution in [2.24, 2.45) is 68.9 Å². The van der Waals surface area contributed by atoms with Gasteiger partial charge in [-0.15, -0.1) is 0 Å². The van der Waals surface area contributed by atoms with Gasteiger partial charge in [-0.25, -0.2) is 4.99 Å². The normalized spacial score (nSPS) is 39.6. The second-order valence-electron chi connectivity index (χ2n) is 29.1. The second kappa shape index (κ2) is 19.8. The van der Waals surface area contributed by atoms with E-state index in [1.54, 1.807) is 0 Å². The number of nitrogens with zero attached hydrogens (tertiary/aromatic N) is 1. The minimum Gasteiger partial charge on any atom is -0.508 e. The molecule has 13 aliphatic rings. The first-order valence-corrected chi connectivity index (χ1v) is 32.9. The summed E-state index contributed by atoms with van der Waals surface area (Å²) in [5.41, 5.74) is 14.7. The number of aliphatic hydroxyl groups is 2. The van der Waals surface area contributed by atoms with E-state index in [1.165, 1.54) is 23.1 Å². The smallest absolute Gasteiger partial charge is 0.189 e. The first-order chi connectivity index (χ1) is 40.9. The van der Waals surface area contributed by atoms with Crippen molar-refractivity contribution in [1.29, 1.82) is 0 Å². The lowest BCUT2D eigenvalue weighted by molar-refractivity contribution is -0.199. The van der Waals surface area contributed by atoms with Crippen LogP contribution in [0.4, 0.5) is 0 Å². The number of hydrogen-bond acceptors (Lipinski definition) is 10. The van der Waals surface area contributed by atoms with Crippen LogP contribution in [0, 0.1) is 70.0 Å². The Hall–Kier alpha value is -5.86. The topological polar surface area (TPSA) is 167 Å². The quantitative estimate of drug-likeness (QED) is 0.110. The van der Waals surface area contributed by atoms with Gasteiger partial charge in [-0.3, -0.25) is 4.79 Å². The number of aromatic hydroxyl groups is 2. The first-order valence-electron chi connectivity index (χ1n) is 32.9. The SMILES string of the molecule is C[C@@H]1C[C@@]23C[C@@H]4CCCO[C@@]45C=C[C@H]4[C@@H]6C=C2[C@]2(/C=C/[C@@H]7C[C@@H]8C[C@@]9(CO)C=CCC[C@H]9C(CO)=C8C(=O)C[C@@H]7c7cc(OC8CCCC8)c(O)c(c7C#CC[C@@H]4N=C(N)NC4(CCCCC4)c4cccc(c4)Cc4cc(O)cc2c4)[C@@H]3[C@H]65)C1. The van der Waals surface area contributed by atoms with Gasteiger partial charge in [0.2, 0.25) is 0 Å². The van der Waals surface area contributed by atoms with Gasteiger partial charge in [0.15, 0.2) is 23.2 Å². The van der Waals surface area contributed by atoms with Crippen LogP contribution in [-0.4, -0.2) is 69.7 Å². The summed E-state index contributed by atoms with van der Waals surface area (Å²) in [4.78, 5) is 21.7. The maximum atomic E-state index is 16.0. The highest BCUT2D eigenvalue weighted by Gasteiger charge is 2.71. The van der Waals surface area contributed by atoms with Crippen LogP contribution < -0.4 is 15.8 Å². The molecule has 3 spiro atoms. The van der Waals surface area contributed by atoms with Gasteiger partial charge in [-0.1, -0.05) is 116 Å². The minimum atomic E-state index is -0.741. The molecule has 438 valence electrons. The van der Waals surface area contributed by atoms with E-state index in [4.69, 9.17) is 20.2 Å². The van der Waals surface area contributed by atoms with Crippen LogP contribution in [0.3, 0.4) is 0 Å². The number of aliphatic imine (C=N–C) groups is 1. The molecular weight excluding hydrogens is 1040 g/mol. The molecule has 0 radical (unpaired) electrons. The number of benzene rings is 3.